The van der Waals surface area contributed by atoms with E-state index in [-0.39, 0.29) is 11.3 Å². The van der Waals surface area contributed by atoms with Gasteiger partial charge in [-0.1, -0.05) is 71.5 Å². The minimum atomic E-state index is -0.391. The SMILES string of the molecule is Cc1ccc(Cc2nn3c(=O)/c(=C/c4ccccc4)sc3nc2=O)cc1. The largest absolute Gasteiger partial charge is 0.296 e. The second-order valence-corrected chi connectivity index (χ2v) is 7.06. The van der Waals surface area contributed by atoms with Crippen LogP contribution in [0.25, 0.3) is 11.0 Å². The van der Waals surface area contributed by atoms with E-state index in [0.717, 1.165) is 16.7 Å². The lowest BCUT2D eigenvalue weighted by molar-refractivity contribution is 0.811. The van der Waals surface area contributed by atoms with E-state index in [1.165, 1.54) is 15.9 Å². The van der Waals surface area contributed by atoms with E-state index in [9.17, 15) is 9.59 Å². The summed E-state index contributed by atoms with van der Waals surface area (Å²) in [7, 11) is 0. The Balaban J connectivity index is 1.80. The number of hydrogen-bond acceptors (Lipinski definition) is 5. The molecule has 0 radical (unpaired) electrons. The molecule has 4 rings (SSSR count). The van der Waals surface area contributed by atoms with Crippen molar-refractivity contribution in [3.05, 3.63) is 102 Å². The molecule has 6 heteroatoms. The first-order chi connectivity index (χ1) is 12.6. The summed E-state index contributed by atoms with van der Waals surface area (Å²) in [6.07, 6.45) is 2.13. The van der Waals surface area contributed by atoms with Gasteiger partial charge in [-0.05, 0) is 24.1 Å². The lowest BCUT2D eigenvalue weighted by Crippen LogP contribution is -2.28. The van der Waals surface area contributed by atoms with Gasteiger partial charge in [0.05, 0.1) is 4.53 Å². The maximum Gasteiger partial charge on any atom is 0.296 e. The van der Waals surface area contributed by atoms with Crippen LogP contribution in [0.2, 0.25) is 0 Å². The molecule has 0 unspecified atom stereocenters. The first-order valence-corrected chi connectivity index (χ1v) is 8.97. The Bertz CT molecular complexity index is 1240. The number of hydrogen-bond donors (Lipinski definition) is 0. The highest BCUT2D eigenvalue weighted by Gasteiger charge is 2.11. The molecule has 0 aliphatic carbocycles. The first-order valence-electron chi connectivity index (χ1n) is 8.15. The van der Waals surface area contributed by atoms with Crippen molar-refractivity contribution in [3.63, 3.8) is 0 Å². The fourth-order valence-electron chi connectivity index (χ4n) is 2.65. The number of benzene rings is 2. The number of nitrogens with zero attached hydrogens (tertiary/aromatic N) is 3. The van der Waals surface area contributed by atoms with Gasteiger partial charge in [-0.3, -0.25) is 9.59 Å². The van der Waals surface area contributed by atoms with E-state index in [1.807, 2.05) is 61.5 Å². The van der Waals surface area contributed by atoms with E-state index < -0.39 is 5.56 Å². The highest BCUT2D eigenvalue weighted by atomic mass is 32.1. The summed E-state index contributed by atoms with van der Waals surface area (Å²) in [5.41, 5.74) is 2.64. The Morgan fingerprint density at radius 3 is 2.50 bits per heavy atom. The lowest BCUT2D eigenvalue weighted by Gasteiger charge is -2.01. The van der Waals surface area contributed by atoms with Crippen molar-refractivity contribution in [1.29, 1.82) is 0 Å². The zero-order valence-electron chi connectivity index (χ0n) is 14.0. The predicted molar refractivity (Wildman–Crippen MR) is 103 cm³/mol. The molecule has 0 atom stereocenters. The van der Waals surface area contributed by atoms with Crippen LogP contribution < -0.4 is 15.7 Å². The molecule has 4 aromatic rings. The monoisotopic (exact) mass is 361 g/mol. The molecule has 26 heavy (non-hydrogen) atoms. The van der Waals surface area contributed by atoms with Crippen molar-refractivity contribution >= 4 is 22.4 Å². The minimum Gasteiger partial charge on any atom is -0.266 e. The second-order valence-electron chi connectivity index (χ2n) is 6.05. The third-order valence-corrected chi connectivity index (χ3v) is 5.00. The summed E-state index contributed by atoms with van der Waals surface area (Å²) in [5.74, 6) is 0. The predicted octanol–water partition coefficient (Wildman–Crippen LogP) is 1.96. The van der Waals surface area contributed by atoms with Gasteiger partial charge in [0.1, 0.15) is 5.69 Å². The smallest absolute Gasteiger partial charge is 0.266 e. The fourth-order valence-corrected chi connectivity index (χ4v) is 3.56. The Morgan fingerprint density at radius 2 is 1.77 bits per heavy atom. The van der Waals surface area contributed by atoms with E-state index in [4.69, 9.17) is 0 Å². The summed E-state index contributed by atoms with van der Waals surface area (Å²) >= 11 is 1.17. The Morgan fingerprint density at radius 1 is 1.04 bits per heavy atom. The van der Waals surface area contributed by atoms with E-state index in [1.54, 1.807) is 6.08 Å². The molecule has 128 valence electrons. The van der Waals surface area contributed by atoms with Gasteiger partial charge in [0, 0.05) is 6.42 Å². The fraction of sp³-hybridized carbons (Fsp3) is 0.100. The van der Waals surface area contributed by atoms with Crippen LogP contribution in [0.5, 0.6) is 0 Å². The summed E-state index contributed by atoms with van der Waals surface area (Å²) < 4.78 is 1.73. The maximum atomic E-state index is 12.6. The molecule has 0 saturated carbocycles. The molecule has 0 fully saturated rings. The number of rotatable bonds is 3. The van der Waals surface area contributed by atoms with Gasteiger partial charge >= 0.3 is 0 Å². The van der Waals surface area contributed by atoms with Gasteiger partial charge < -0.3 is 0 Å². The van der Waals surface area contributed by atoms with Crippen LogP contribution in [0.4, 0.5) is 0 Å². The quantitative estimate of drug-likeness (QED) is 0.560. The molecule has 0 aliphatic heterocycles. The van der Waals surface area contributed by atoms with Crippen LogP contribution in [-0.4, -0.2) is 14.6 Å². The van der Waals surface area contributed by atoms with Crippen LogP contribution in [0.1, 0.15) is 22.4 Å². The van der Waals surface area contributed by atoms with Gasteiger partial charge in [0.25, 0.3) is 11.1 Å². The zero-order valence-corrected chi connectivity index (χ0v) is 14.9. The summed E-state index contributed by atoms with van der Waals surface area (Å²) in [6, 6.07) is 17.4. The number of fused-ring (bicyclic) bond motifs is 1. The normalized spacial score (nSPS) is 12.0. The zero-order chi connectivity index (χ0) is 18.1. The molecule has 5 nitrogen and oxygen atoms in total. The summed E-state index contributed by atoms with van der Waals surface area (Å²) in [6.45, 7) is 2.00. The summed E-state index contributed by atoms with van der Waals surface area (Å²) in [4.78, 5) is 29.3. The van der Waals surface area contributed by atoms with Crippen molar-refractivity contribution in [1.82, 2.24) is 14.6 Å². The molecule has 0 amide bonds. The lowest BCUT2D eigenvalue weighted by atomic mass is 10.1. The molecule has 2 heterocycles. The van der Waals surface area contributed by atoms with Crippen LogP contribution in [0.3, 0.4) is 0 Å². The standard InChI is InChI=1S/C20H15N3O2S/c1-13-7-9-15(10-8-13)11-16-18(24)21-20-23(22-16)19(25)17(26-20)12-14-5-3-2-4-6-14/h2-10,12H,11H2,1H3/b17-12-. The first kappa shape index (κ1) is 16.4. The molecule has 2 aromatic carbocycles. The van der Waals surface area contributed by atoms with E-state index in [0.29, 0.717) is 15.9 Å². The minimum absolute atomic E-state index is 0.258. The molecular formula is C20H15N3O2S. The van der Waals surface area contributed by atoms with Gasteiger partial charge in [0.15, 0.2) is 0 Å². The van der Waals surface area contributed by atoms with Crippen LogP contribution in [-0.2, 0) is 6.42 Å². The molecule has 0 bridgehead atoms. The highest BCUT2D eigenvalue weighted by Crippen LogP contribution is 2.07. The number of thiazole rings is 1. The van der Waals surface area contributed by atoms with Crippen molar-refractivity contribution in [3.8, 4) is 0 Å². The molecule has 0 spiro atoms. The van der Waals surface area contributed by atoms with Crippen LogP contribution in [0.15, 0.2) is 64.2 Å². The van der Waals surface area contributed by atoms with E-state index >= 15 is 0 Å². The Kier molecular flexibility index (Phi) is 4.18. The molecule has 0 aliphatic rings. The summed E-state index contributed by atoms with van der Waals surface area (Å²) in [5, 5.41) is 4.27. The average molecular weight is 361 g/mol. The number of aryl methyl sites for hydroxylation is 1. The van der Waals surface area contributed by atoms with Crippen molar-refractivity contribution in [2.45, 2.75) is 13.3 Å². The number of aromatic nitrogens is 3. The van der Waals surface area contributed by atoms with Gasteiger partial charge in [-0.15, -0.1) is 0 Å². The van der Waals surface area contributed by atoms with E-state index in [2.05, 4.69) is 10.1 Å². The van der Waals surface area contributed by atoms with Crippen LogP contribution >= 0.6 is 11.3 Å². The Hall–Kier alpha value is -3.12. The third-order valence-electron chi connectivity index (χ3n) is 4.04. The van der Waals surface area contributed by atoms with Gasteiger partial charge in [-0.25, -0.2) is 0 Å². The van der Waals surface area contributed by atoms with Crippen molar-refractivity contribution < 1.29 is 0 Å². The highest BCUT2D eigenvalue weighted by molar-refractivity contribution is 7.15. The maximum absolute atomic E-state index is 12.6. The average Bonchev–Trinajstić information content (AvgIpc) is 2.93. The van der Waals surface area contributed by atoms with Gasteiger partial charge in [0.2, 0.25) is 4.96 Å². The van der Waals surface area contributed by atoms with Crippen molar-refractivity contribution in [2.24, 2.45) is 0 Å². The second kappa shape index (κ2) is 6.65. The third kappa shape index (κ3) is 3.19. The molecular weight excluding hydrogens is 346 g/mol. The topological polar surface area (TPSA) is 64.3 Å². The molecule has 0 N–H and O–H groups in total. The Labute approximate surface area is 152 Å². The van der Waals surface area contributed by atoms with Gasteiger partial charge in [-0.2, -0.15) is 14.6 Å². The van der Waals surface area contributed by atoms with Crippen molar-refractivity contribution in [2.75, 3.05) is 0 Å². The molecule has 2 aromatic heterocycles. The molecule has 0 saturated heterocycles. The van der Waals surface area contributed by atoms with Crippen LogP contribution in [0, 0.1) is 6.92 Å².